The first-order chi connectivity index (χ1) is 17.6. The van der Waals surface area contributed by atoms with Crippen molar-refractivity contribution in [2.24, 2.45) is 5.92 Å². The van der Waals surface area contributed by atoms with Crippen molar-refractivity contribution < 1.29 is 23.1 Å². The number of nitrogens with one attached hydrogen (secondary N) is 2. The molecule has 2 N–H and O–H groups in total. The van der Waals surface area contributed by atoms with Gasteiger partial charge in [0.2, 0.25) is 5.91 Å². The molecule has 0 unspecified atom stereocenters. The molecule has 2 heterocycles. The Balaban J connectivity index is 1.41. The van der Waals surface area contributed by atoms with Crippen LogP contribution in [0, 0.1) is 5.92 Å². The monoisotopic (exact) mass is 572 g/mol. The van der Waals surface area contributed by atoms with Crippen LogP contribution >= 0.6 is 15.9 Å². The van der Waals surface area contributed by atoms with Gasteiger partial charge in [0.1, 0.15) is 11.9 Å². The third-order valence-corrected chi connectivity index (χ3v) is 7.61. The number of methoxy groups -OCH3 is 1. The Labute approximate surface area is 221 Å². The van der Waals surface area contributed by atoms with Crippen molar-refractivity contribution in [3.05, 3.63) is 64.0 Å². The van der Waals surface area contributed by atoms with Gasteiger partial charge in [-0.3, -0.25) is 4.79 Å². The number of alkyl carbamates (subject to hydrolysis) is 1. The number of hydrogen-bond donors (Lipinski definition) is 2. The second-order valence-corrected chi connectivity index (χ2v) is 10.7. The van der Waals surface area contributed by atoms with Crippen LogP contribution in [-0.2, 0) is 15.5 Å². The largest absolute Gasteiger partial charge is 0.453 e. The van der Waals surface area contributed by atoms with Crippen molar-refractivity contribution in [2.75, 3.05) is 13.7 Å². The number of rotatable bonds is 5. The Morgan fingerprint density at radius 2 is 1.89 bits per heavy atom. The van der Waals surface area contributed by atoms with Crippen LogP contribution in [0.5, 0.6) is 0 Å². The molecule has 7 nitrogen and oxygen atoms in total. The standard InChI is InChI=1S/C27H27BrF2N4O3/c1-14(2)23(33-26(36)37-3)25(35)34-10-4-5-22(34)24-31-13-21(32-24)15-6-8-17-18-9-7-16(28)12-20(18)27(29,30)19(17)11-15/h6-9,11-14,22-23H,4-5,10H2,1-3H3,(H,31,32)(H,33,36)/t22-,23-/m0/s1. The normalized spacial score (nSPS) is 18.5. The lowest BCUT2D eigenvalue weighted by molar-refractivity contribution is -0.135. The topological polar surface area (TPSA) is 87.3 Å². The van der Waals surface area contributed by atoms with E-state index in [1.54, 1.807) is 35.4 Å². The highest BCUT2D eigenvalue weighted by Gasteiger charge is 2.44. The van der Waals surface area contributed by atoms with Crippen molar-refractivity contribution in [3.8, 4) is 22.4 Å². The van der Waals surface area contributed by atoms with Gasteiger partial charge in [-0.15, -0.1) is 0 Å². The van der Waals surface area contributed by atoms with Crippen LogP contribution in [-0.4, -0.2) is 46.6 Å². The molecule has 2 aromatic carbocycles. The van der Waals surface area contributed by atoms with E-state index in [0.29, 0.717) is 45.6 Å². The lowest BCUT2D eigenvalue weighted by atomic mass is 10.0. The van der Waals surface area contributed by atoms with E-state index < -0.39 is 18.1 Å². The number of alkyl halides is 2. The van der Waals surface area contributed by atoms with Crippen LogP contribution in [0.4, 0.5) is 13.6 Å². The second-order valence-electron chi connectivity index (χ2n) is 9.75. The summed E-state index contributed by atoms with van der Waals surface area (Å²) < 4.78 is 35.9. The maximum atomic E-state index is 15.3. The van der Waals surface area contributed by atoms with Gasteiger partial charge < -0.3 is 19.9 Å². The van der Waals surface area contributed by atoms with Gasteiger partial charge in [0.05, 0.1) is 25.0 Å². The fourth-order valence-corrected chi connectivity index (χ4v) is 5.57. The number of carbonyl (C=O) groups excluding carboxylic acids is 2. The molecule has 0 bridgehead atoms. The first-order valence-electron chi connectivity index (χ1n) is 12.1. The number of amides is 2. The molecule has 3 aromatic rings. The first kappa shape index (κ1) is 25.4. The molecule has 2 aliphatic rings. The Morgan fingerprint density at radius 3 is 2.59 bits per heavy atom. The number of carbonyl (C=O) groups is 2. The van der Waals surface area contributed by atoms with Crippen molar-refractivity contribution >= 4 is 27.9 Å². The van der Waals surface area contributed by atoms with E-state index in [1.165, 1.54) is 19.2 Å². The SMILES string of the molecule is COC(=O)N[C@H](C(=O)N1CCC[C@H]1c1ncc(-c2ccc3c(c2)C(F)(F)c2cc(Br)ccc2-3)[nH]1)C(C)C. The molecule has 1 saturated heterocycles. The minimum atomic E-state index is -3.11. The van der Waals surface area contributed by atoms with Crippen LogP contribution in [0.2, 0.25) is 0 Å². The smallest absolute Gasteiger partial charge is 0.407 e. The molecule has 2 amide bonds. The third kappa shape index (κ3) is 4.41. The lowest BCUT2D eigenvalue weighted by Gasteiger charge is -2.30. The minimum Gasteiger partial charge on any atom is -0.453 e. The fraction of sp³-hybridized carbons (Fsp3) is 0.370. The molecule has 1 aromatic heterocycles. The van der Waals surface area contributed by atoms with Gasteiger partial charge in [0.15, 0.2) is 0 Å². The highest BCUT2D eigenvalue weighted by atomic mass is 79.9. The maximum Gasteiger partial charge on any atom is 0.407 e. The number of H-pyrrole nitrogens is 1. The zero-order valence-corrected chi connectivity index (χ0v) is 22.2. The number of fused-ring (bicyclic) bond motifs is 3. The average molecular weight is 573 g/mol. The van der Waals surface area contributed by atoms with Gasteiger partial charge in [0, 0.05) is 27.7 Å². The summed E-state index contributed by atoms with van der Waals surface area (Å²) in [5.41, 5.74) is 2.17. The molecule has 5 rings (SSSR count). The quantitative estimate of drug-likeness (QED) is 0.392. The Hall–Kier alpha value is -3.27. The van der Waals surface area contributed by atoms with E-state index in [1.807, 2.05) is 13.8 Å². The highest BCUT2D eigenvalue weighted by Crippen LogP contribution is 2.52. The number of aromatic amines is 1. The number of imidazole rings is 1. The summed E-state index contributed by atoms with van der Waals surface area (Å²) in [6.45, 7) is 4.24. The van der Waals surface area contributed by atoms with Crippen molar-refractivity contribution in [1.29, 1.82) is 0 Å². The molecule has 1 aliphatic carbocycles. The molecular formula is C27H27BrF2N4O3. The number of nitrogens with zero attached hydrogens (tertiary/aromatic N) is 2. The summed E-state index contributed by atoms with van der Waals surface area (Å²) >= 11 is 3.29. The van der Waals surface area contributed by atoms with E-state index in [2.05, 4.69) is 36.0 Å². The lowest BCUT2D eigenvalue weighted by Crippen LogP contribution is -2.51. The summed E-state index contributed by atoms with van der Waals surface area (Å²) in [6, 6.07) is 8.92. The number of halogens is 3. The molecule has 2 atom stereocenters. The van der Waals surface area contributed by atoms with E-state index in [-0.39, 0.29) is 29.0 Å². The van der Waals surface area contributed by atoms with Gasteiger partial charge in [-0.25, -0.2) is 9.78 Å². The predicted molar refractivity (Wildman–Crippen MR) is 138 cm³/mol. The molecule has 0 spiro atoms. The summed E-state index contributed by atoms with van der Waals surface area (Å²) in [5, 5.41) is 2.63. The Kier molecular flexibility index (Phi) is 6.55. The number of likely N-dealkylation sites (tertiary alicyclic amines) is 1. The minimum absolute atomic E-state index is 0.0142. The molecule has 10 heteroatoms. The summed E-state index contributed by atoms with van der Waals surface area (Å²) in [7, 11) is 1.26. The van der Waals surface area contributed by atoms with Crippen LogP contribution in [0.15, 0.2) is 47.1 Å². The molecule has 1 aliphatic heterocycles. The predicted octanol–water partition coefficient (Wildman–Crippen LogP) is 6.00. The Morgan fingerprint density at radius 1 is 1.19 bits per heavy atom. The van der Waals surface area contributed by atoms with Gasteiger partial charge >= 0.3 is 6.09 Å². The summed E-state index contributed by atoms with van der Waals surface area (Å²) in [5.74, 6) is -2.87. The summed E-state index contributed by atoms with van der Waals surface area (Å²) in [6.07, 6.45) is 2.44. The van der Waals surface area contributed by atoms with E-state index >= 15 is 8.78 Å². The highest BCUT2D eigenvalue weighted by molar-refractivity contribution is 9.10. The van der Waals surface area contributed by atoms with Gasteiger partial charge in [0.25, 0.3) is 5.92 Å². The molecule has 37 heavy (non-hydrogen) atoms. The van der Waals surface area contributed by atoms with Crippen LogP contribution in [0.1, 0.15) is 49.7 Å². The van der Waals surface area contributed by atoms with Gasteiger partial charge in [-0.05, 0) is 48.1 Å². The zero-order valence-electron chi connectivity index (χ0n) is 20.6. The van der Waals surface area contributed by atoms with Crippen molar-refractivity contribution in [1.82, 2.24) is 20.2 Å². The summed E-state index contributed by atoms with van der Waals surface area (Å²) in [4.78, 5) is 34.6. The van der Waals surface area contributed by atoms with E-state index in [0.717, 1.165) is 6.42 Å². The maximum absolute atomic E-state index is 15.3. The van der Waals surface area contributed by atoms with Gasteiger partial charge in [-0.1, -0.05) is 48.0 Å². The average Bonchev–Trinajstić information content (AvgIpc) is 3.59. The van der Waals surface area contributed by atoms with Crippen LogP contribution in [0.25, 0.3) is 22.4 Å². The molecule has 194 valence electrons. The van der Waals surface area contributed by atoms with Crippen LogP contribution in [0.3, 0.4) is 0 Å². The molecule has 1 fully saturated rings. The molecule has 0 radical (unpaired) electrons. The zero-order chi connectivity index (χ0) is 26.5. The molecular weight excluding hydrogens is 546 g/mol. The number of ether oxygens (including phenoxy) is 1. The first-order valence-corrected chi connectivity index (χ1v) is 12.9. The second kappa shape index (κ2) is 9.55. The van der Waals surface area contributed by atoms with E-state index in [4.69, 9.17) is 0 Å². The molecule has 0 saturated carbocycles. The fourth-order valence-electron chi connectivity index (χ4n) is 5.21. The third-order valence-electron chi connectivity index (χ3n) is 7.12. The van der Waals surface area contributed by atoms with Crippen molar-refractivity contribution in [2.45, 2.75) is 44.7 Å². The number of benzene rings is 2. The van der Waals surface area contributed by atoms with Crippen LogP contribution < -0.4 is 5.32 Å². The van der Waals surface area contributed by atoms with Crippen molar-refractivity contribution in [3.63, 3.8) is 0 Å². The number of aromatic nitrogens is 2. The van der Waals surface area contributed by atoms with E-state index in [9.17, 15) is 9.59 Å². The van der Waals surface area contributed by atoms with Gasteiger partial charge in [-0.2, -0.15) is 8.78 Å². The Bertz CT molecular complexity index is 1370. The number of hydrogen-bond acceptors (Lipinski definition) is 4.